The third-order valence-electron chi connectivity index (χ3n) is 4.92. The number of nitrogens with zero attached hydrogens (tertiary/aromatic N) is 4. The molecular formula is C23H23BrN6O2. The fourth-order valence-corrected chi connectivity index (χ4v) is 3.55. The normalized spacial score (nSPS) is 10.6. The Bertz CT molecular complexity index is 1170. The number of hydrogen-bond donors (Lipinski definition) is 2. The molecule has 0 aliphatic carbocycles. The molecule has 1 aromatic carbocycles. The Morgan fingerprint density at radius 3 is 2.34 bits per heavy atom. The van der Waals surface area contributed by atoms with Crippen LogP contribution in [0.5, 0.6) is 0 Å². The van der Waals surface area contributed by atoms with Gasteiger partial charge in [0.25, 0.3) is 0 Å². The van der Waals surface area contributed by atoms with Gasteiger partial charge in [-0.25, -0.2) is 4.98 Å². The van der Waals surface area contributed by atoms with E-state index in [0.29, 0.717) is 17.2 Å². The Labute approximate surface area is 195 Å². The molecule has 3 rings (SSSR count). The van der Waals surface area contributed by atoms with Gasteiger partial charge in [0.2, 0.25) is 11.8 Å². The van der Waals surface area contributed by atoms with Gasteiger partial charge in [0.15, 0.2) is 0 Å². The number of benzene rings is 1. The van der Waals surface area contributed by atoms with Crippen molar-refractivity contribution < 1.29 is 9.59 Å². The average molecular weight is 495 g/mol. The van der Waals surface area contributed by atoms with Crippen LogP contribution in [-0.2, 0) is 9.59 Å². The predicted octanol–water partition coefficient (Wildman–Crippen LogP) is 3.63. The van der Waals surface area contributed by atoms with Crippen molar-refractivity contribution in [2.75, 3.05) is 30.8 Å². The van der Waals surface area contributed by atoms with E-state index in [1.807, 2.05) is 48.7 Å². The van der Waals surface area contributed by atoms with Crippen LogP contribution in [0.3, 0.4) is 0 Å². The summed E-state index contributed by atoms with van der Waals surface area (Å²) in [7, 11) is 1.67. The lowest BCUT2D eigenvalue weighted by molar-refractivity contribution is -0.119. The molecule has 0 radical (unpaired) electrons. The van der Waals surface area contributed by atoms with Crippen molar-refractivity contribution in [2.45, 2.75) is 13.8 Å². The summed E-state index contributed by atoms with van der Waals surface area (Å²) in [6.07, 6.45) is 1.59. The number of rotatable bonds is 7. The summed E-state index contributed by atoms with van der Waals surface area (Å²) in [6.45, 7) is 3.75. The lowest BCUT2D eigenvalue weighted by Gasteiger charge is -2.17. The van der Waals surface area contributed by atoms with Crippen LogP contribution in [0.4, 0.5) is 11.6 Å². The molecule has 0 saturated heterocycles. The summed E-state index contributed by atoms with van der Waals surface area (Å²) in [4.78, 5) is 30.7. The Kier molecular flexibility index (Phi) is 7.41. The second-order valence-electron chi connectivity index (χ2n) is 7.35. The summed E-state index contributed by atoms with van der Waals surface area (Å²) < 4.78 is 2.67. The molecule has 0 fully saturated rings. The molecule has 32 heavy (non-hydrogen) atoms. The van der Waals surface area contributed by atoms with E-state index in [0.717, 1.165) is 21.4 Å². The highest BCUT2D eigenvalue weighted by Gasteiger charge is 2.21. The van der Waals surface area contributed by atoms with E-state index in [9.17, 15) is 14.9 Å². The van der Waals surface area contributed by atoms with Gasteiger partial charge < -0.3 is 10.6 Å². The first-order valence-electron chi connectivity index (χ1n) is 9.87. The molecule has 0 aliphatic heterocycles. The molecule has 2 heterocycles. The van der Waals surface area contributed by atoms with E-state index < -0.39 is 0 Å². The SMILES string of the molecule is Cc1c(C#N)c(NC(=O)CN(C)CC(=O)Nc2ccc(Br)cn2)n(-c2ccccc2)c1C. The quantitative estimate of drug-likeness (QED) is 0.521. The van der Waals surface area contributed by atoms with E-state index in [2.05, 4.69) is 37.6 Å². The van der Waals surface area contributed by atoms with Gasteiger partial charge in [0.05, 0.1) is 18.7 Å². The minimum atomic E-state index is -0.326. The number of amides is 2. The van der Waals surface area contributed by atoms with Gasteiger partial charge in [0.1, 0.15) is 17.7 Å². The topological polar surface area (TPSA) is 103 Å². The van der Waals surface area contributed by atoms with Crippen molar-refractivity contribution in [2.24, 2.45) is 0 Å². The highest BCUT2D eigenvalue weighted by atomic mass is 79.9. The number of para-hydroxylation sites is 1. The van der Waals surface area contributed by atoms with Gasteiger partial charge in [-0.1, -0.05) is 18.2 Å². The van der Waals surface area contributed by atoms with E-state index in [-0.39, 0.29) is 24.9 Å². The van der Waals surface area contributed by atoms with Crippen LogP contribution in [0.1, 0.15) is 16.8 Å². The summed E-state index contributed by atoms with van der Waals surface area (Å²) in [5.41, 5.74) is 2.94. The van der Waals surface area contributed by atoms with Gasteiger partial charge in [-0.3, -0.25) is 19.1 Å². The lowest BCUT2D eigenvalue weighted by atomic mass is 10.2. The summed E-state index contributed by atoms with van der Waals surface area (Å²) in [5, 5.41) is 15.2. The number of nitrogens with one attached hydrogen (secondary N) is 2. The molecule has 2 amide bonds. The molecule has 0 aliphatic rings. The number of aromatic nitrogens is 2. The number of anilines is 2. The number of pyridine rings is 1. The van der Waals surface area contributed by atoms with Crippen molar-refractivity contribution in [3.63, 3.8) is 0 Å². The van der Waals surface area contributed by atoms with Crippen LogP contribution in [0, 0.1) is 25.2 Å². The second-order valence-corrected chi connectivity index (χ2v) is 8.26. The van der Waals surface area contributed by atoms with E-state index >= 15 is 0 Å². The van der Waals surface area contributed by atoms with E-state index in [1.54, 1.807) is 30.3 Å². The maximum absolute atomic E-state index is 12.7. The summed E-state index contributed by atoms with van der Waals surface area (Å²) in [5.74, 6) is 0.248. The number of carbonyl (C=O) groups is 2. The Hall–Kier alpha value is -3.48. The minimum Gasteiger partial charge on any atom is -0.310 e. The largest absolute Gasteiger partial charge is 0.310 e. The Morgan fingerprint density at radius 1 is 1.09 bits per heavy atom. The van der Waals surface area contributed by atoms with Gasteiger partial charge in [-0.2, -0.15) is 5.26 Å². The van der Waals surface area contributed by atoms with Gasteiger partial charge >= 0.3 is 0 Å². The van der Waals surface area contributed by atoms with Crippen molar-refractivity contribution in [1.29, 1.82) is 5.26 Å². The van der Waals surface area contributed by atoms with Crippen molar-refractivity contribution >= 4 is 39.4 Å². The van der Waals surface area contributed by atoms with Gasteiger partial charge in [0, 0.05) is 22.1 Å². The molecule has 0 spiro atoms. The number of nitriles is 1. The zero-order chi connectivity index (χ0) is 23.3. The second kappa shape index (κ2) is 10.2. The minimum absolute atomic E-state index is 0.00796. The third kappa shape index (κ3) is 5.41. The van der Waals surface area contributed by atoms with E-state index in [4.69, 9.17) is 0 Å². The zero-order valence-electron chi connectivity index (χ0n) is 18.0. The van der Waals surface area contributed by atoms with E-state index in [1.165, 1.54) is 0 Å². The standard InChI is InChI=1S/C23H23BrN6O2/c1-15-16(2)30(18-7-5-4-6-8-18)23(19(15)11-25)28-22(32)14-29(3)13-21(31)27-20-10-9-17(24)12-26-20/h4-10,12H,13-14H2,1-3H3,(H,28,32)(H,26,27,31). The summed E-state index contributed by atoms with van der Waals surface area (Å²) in [6, 6.07) is 15.2. The molecule has 0 atom stereocenters. The Morgan fingerprint density at radius 2 is 1.75 bits per heavy atom. The first-order valence-corrected chi connectivity index (χ1v) is 10.7. The molecule has 2 N–H and O–H groups in total. The van der Waals surface area contributed by atoms with Crippen molar-refractivity contribution in [3.05, 3.63) is 70.0 Å². The predicted molar refractivity (Wildman–Crippen MR) is 127 cm³/mol. The first-order chi connectivity index (χ1) is 15.3. The number of hydrogen-bond acceptors (Lipinski definition) is 5. The maximum atomic E-state index is 12.7. The third-order valence-corrected chi connectivity index (χ3v) is 5.39. The van der Waals surface area contributed by atoms with Crippen LogP contribution in [0.15, 0.2) is 53.1 Å². The van der Waals surface area contributed by atoms with Gasteiger partial charge in [-0.05, 0) is 66.7 Å². The van der Waals surface area contributed by atoms with Crippen molar-refractivity contribution in [3.8, 4) is 11.8 Å². The Balaban J connectivity index is 1.69. The first kappa shape index (κ1) is 23.2. The number of halogens is 1. The number of carbonyl (C=O) groups excluding carboxylic acids is 2. The van der Waals surface area contributed by atoms with Crippen LogP contribution >= 0.6 is 15.9 Å². The van der Waals surface area contributed by atoms with Crippen LogP contribution in [0.25, 0.3) is 5.69 Å². The fourth-order valence-electron chi connectivity index (χ4n) is 3.31. The molecule has 0 unspecified atom stereocenters. The zero-order valence-corrected chi connectivity index (χ0v) is 19.6. The number of likely N-dealkylation sites (N-methyl/N-ethyl adjacent to an activating group) is 1. The average Bonchev–Trinajstić information content (AvgIpc) is 2.99. The highest BCUT2D eigenvalue weighted by Crippen LogP contribution is 2.29. The molecule has 164 valence electrons. The maximum Gasteiger partial charge on any atom is 0.239 e. The van der Waals surface area contributed by atoms with Crippen LogP contribution in [-0.4, -0.2) is 46.4 Å². The fraction of sp³-hybridized carbons (Fsp3) is 0.217. The molecule has 0 saturated carbocycles. The highest BCUT2D eigenvalue weighted by molar-refractivity contribution is 9.10. The van der Waals surface area contributed by atoms with Gasteiger partial charge in [-0.15, -0.1) is 0 Å². The lowest BCUT2D eigenvalue weighted by Crippen LogP contribution is -2.36. The molecule has 2 aromatic heterocycles. The molecule has 3 aromatic rings. The molecule has 8 nitrogen and oxygen atoms in total. The summed E-state index contributed by atoms with van der Waals surface area (Å²) >= 11 is 3.29. The molecule has 0 bridgehead atoms. The molecule has 9 heteroatoms. The monoisotopic (exact) mass is 494 g/mol. The van der Waals surface area contributed by atoms with Crippen LogP contribution < -0.4 is 10.6 Å². The van der Waals surface area contributed by atoms with Crippen LogP contribution in [0.2, 0.25) is 0 Å². The molecular weight excluding hydrogens is 472 g/mol. The smallest absolute Gasteiger partial charge is 0.239 e. The van der Waals surface area contributed by atoms with Crippen molar-refractivity contribution in [1.82, 2.24) is 14.5 Å².